The number of rotatable bonds is 7. The Kier molecular flexibility index (Phi) is 6.17. The van der Waals surface area contributed by atoms with Gasteiger partial charge in [0.1, 0.15) is 5.75 Å². The second kappa shape index (κ2) is 8.13. The number of sulfonamides is 1. The van der Waals surface area contributed by atoms with Crippen molar-refractivity contribution in [1.29, 1.82) is 0 Å². The minimum absolute atomic E-state index is 0.0821. The average Bonchev–Trinajstić information content (AvgIpc) is 2.61. The maximum Gasteiger partial charge on any atom is 0.241 e. The fraction of sp³-hybridized carbons (Fsp3) is 0.278. The van der Waals surface area contributed by atoms with E-state index in [9.17, 15) is 13.2 Å². The van der Waals surface area contributed by atoms with Gasteiger partial charge in [0.2, 0.25) is 15.9 Å². The smallest absolute Gasteiger partial charge is 0.241 e. The van der Waals surface area contributed by atoms with Crippen LogP contribution in [0.2, 0.25) is 0 Å². The second-order valence-corrected chi connectivity index (χ2v) is 7.41. The number of carbonyl (C=O) groups excluding carboxylic acids is 1. The van der Waals surface area contributed by atoms with Gasteiger partial charge in [0.05, 0.1) is 18.0 Å². The van der Waals surface area contributed by atoms with Gasteiger partial charge in [0.25, 0.3) is 0 Å². The van der Waals surface area contributed by atoms with E-state index in [1.165, 1.54) is 31.1 Å². The molecule has 0 bridgehead atoms. The zero-order valence-electron chi connectivity index (χ0n) is 14.5. The number of benzene rings is 2. The van der Waals surface area contributed by atoms with Crippen molar-refractivity contribution in [1.82, 2.24) is 9.62 Å². The molecule has 0 aliphatic carbocycles. The van der Waals surface area contributed by atoms with Gasteiger partial charge in [-0.05, 0) is 36.8 Å². The summed E-state index contributed by atoms with van der Waals surface area (Å²) in [5.74, 6) is 0.256. The molecule has 0 unspecified atom stereocenters. The van der Waals surface area contributed by atoms with Crippen molar-refractivity contribution in [2.75, 3.05) is 14.2 Å². The SMILES string of the molecule is COc1ccc(S(=O)(=O)N[C@H](C)C(=O)N(C)Cc2ccccc2)cc1. The highest BCUT2D eigenvalue weighted by molar-refractivity contribution is 7.89. The summed E-state index contributed by atoms with van der Waals surface area (Å²) >= 11 is 0. The lowest BCUT2D eigenvalue weighted by Crippen LogP contribution is -2.45. The summed E-state index contributed by atoms with van der Waals surface area (Å²) in [6, 6.07) is 14.6. The van der Waals surface area contributed by atoms with E-state index >= 15 is 0 Å². The molecule has 6 nitrogen and oxygen atoms in total. The Morgan fingerprint density at radius 3 is 2.28 bits per heavy atom. The van der Waals surface area contributed by atoms with E-state index in [-0.39, 0.29) is 10.8 Å². The summed E-state index contributed by atoms with van der Waals surface area (Å²) in [6.45, 7) is 1.94. The third-order valence-electron chi connectivity index (χ3n) is 3.71. The van der Waals surface area contributed by atoms with Crippen molar-refractivity contribution in [3.8, 4) is 5.75 Å². The summed E-state index contributed by atoms with van der Waals surface area (Å²) in [5.41, 5.74) is 0.976. The molecule has 2 aromatic rings. The van der Waals surface area contributed by atoms with Crippen LogP contribution in [0.3, 0.4) is 0 Å². The first-order chi connectivity index (χ1) is 11.8. The number of amides is 1. The zero-order chi connectivity index (χ0) is 18.4. The van der Waals surface area contributed by atoms with Crippen LogP contribution in [0.4, 0.5) is 0 Å². The number of methoxy groups -OCH3 is 1. The highest BCUT2D eigenvalue weighted by Crippen LogP contribution is 2.16. The van der Waals surface area contributed by atoms with Gasteiger partial charge in [-0.3, -0.25) is 4.79 Å². The van der Waals surface area contributed by atoms with E-state index < -0.39 is 16.1 Å². The van der Waals surface area contributed by atoms with Crippen LogP contribution in [0.15, 0.2) is 59.5 Å². The molecule has 134 valence electrons. The van der Waals surface area contributed by atoms with Crippen molar-refractivity contribution in [3.63, 3.8) is 0 Å². The van der Waals surface area contributed by atoms with E-state index in [1.54, 1.807) is 19.2 Å². The number of nitrogens with one attached hydrogen (secondary N) is 1. The van der Waals surface area contributed by atoms with Crippen molar-refractivity contribution >= 4 is 15.9 Å². The molecular formula is C18H22N2O4S. The van der Waals surface area contributed by atoms with Gasteiger partial charge in [-0.25, -0.2) is 8.42 Å². The quantitative estimate of drug-likeness (QED) is 0.818. The van der Waals surface area contributed by atoms with E-state index in [0.717, 1.165) is 5.56 Å². The van der Waals surface area contributed by atoms with Crippen LogP contribution in [0.1, 0.15) is 12.5 Å². The van der Waals surface area contributed by atoms with Gasteiger partial charge in [0, 0.05) is 13.6 Å². The van der Waals surface area contributed by atoms with Gasteiger partial charge >= 0.3 is 0 Å². The topological polar surface area (TPSA) is 75.7 Å². The minimum Gasteiger partial charge on any atom is -0.497 e. The van der Waals surface area contributed by atoms with Gasteiger partial charge in [-0.2, -0.15) is 4.72 Å². The molecule has 0 saturated heterocycles. The number of nitrogens with zero attached hydrogens (tertiary/aromatic N) is 1. The molecule has 1 N–H and O–H groups in total. The highest BCUT2D eigenvalue weighted by Gasteiger charge is 2.24. The Balaban J connectivity index is 2.03. The van der Waals surface area contributed by atoms with Crippen LogP contribution >= 0.6 is 0 Å². The first kappa shape index (κ1) is 19.0. The van der Waals surface area contributed by atoms with Crippen LogP contribution in [0, 0.1) is 0 Å². The van der Waals surface area contributed by atoms with Crippen molar-refractivity contribution in [2.45, 2.75) is 24.4 Å². The number of hydrogen-bond donors (Lipinski definition) is 1. The predicted molar refractivity (Wildman–Crippen MR) is 95.7 cm³/mol. The Morgan fingerprint density at radius 2 is 1.72 bits per heavy atom. The number of hydrogen-bond acceptors (Lipinski definition) is 4. The summed E-state index contributed by atoms with van der Waals surface area (Å²) in [7, 11) is -0.638. The van der Waals surface area contributed by atoms with E-state index in [4.69, 9.17) is 4.74 Å². The molecule has 0 aromatic heterocycles. The minimum atomic E-state index is -3.79. The third-order valence-corrected chi connectivity index (χ3v) is 5.27. The molecule has 0 saturated carbocycles. The fourth-order valence-corrected chi connectivity index (χ4v) is 3.57. The summed E-state index contributed by atoms with van der Waals surface area (Å²) in [5, 5.41) is 0. The van der Waals surface area contributed by atoms with Crippen LogP contribution in [0.5, 0.6) is 5.75 Å². The maximum absolute atomic E-state index is 12.4. The average molecular weight is 362 g/mol. The van der Waals surface area contributed by atoms with Crippen LogP contribution in [-0.2, 0) is 21.4 Å². The Labute approximate surface area is 148 Å². The Bertz CT molecular complexity index is 805. The van der Waals surface area contributed by atoms with E-state index in [1.807, 2.05) is 30.3 Å². The molecule has 7 heteroatoms. The van der Waals surface area contributed by atoms with Crippen LogP contribution in [-0.4, -0.2) is 39.4 Å². The molecule has 1 atom stereocenters. The first-order valence-corrected chi connectivity index (χ1v) is 9.27. The second-order valence-electron chi connectivity index (χ2n) is 5.70. The molecule has 2 aromatic carbocycles. The summed E-state index contributed by atoms with van der Waals surface area (Å²) < 4.78 is 32.2. The monoisotopic (exact) mass is 362 g/mol. The molecule has 25 heavy (non-hydrogen) atoms. The third kappa shape index (κ3) is 5.04. The molecule has 2 rings (SSSR count). The van der Waals surface area contributed by atoms with E-state index in [0.29, 0.717) is 12.3 Å². The maximum atomic E-state index is 12.4. The predicted octanol–water partition coefficient (Wildman–Crippen LogP) is 2.02. The van der Waals surface area contributed by atoms with Crippen LogP contribution < -0.4 is 9.46 Å². The highest BCUT2D eigenvalue weighted by atomic mass is 32.2. The molecule has 0 heterocycles. The lowest BCUT2D eigenvalue weighted by Gasteiger charge is -2.22. The van der Waals surface area contributed by atoms with Crippen molar-refractivity contribution in [3.05, 3.63) is 60.2 Å². The number of ether oxygens (including phenoxy) is 1. The van der Waals surface area contributed by atoms with Gasteiger partial charge in [0.15, 0.2) is 0 Å². The molecule has 0 fully saturated rings. The van der Waals surface area contributed by atoms with Crippen molar-refractivity contribution < 1.29 is 17.9 Å². The normalized spacial score (nSPS) is 12.4. The first-order valence-electron chi connectivity index (χ1n) is 7.79. The van der Waals surface area contributed by atoms with Gasteiger partial charge in [-0.1, -0.05) is 30.3 Å². The fourth-order valence-electron chi connectivity index (χ4n) is 2.37. The van der Waals surface area contributed by atoms with E-state index in [2.05, 4.69) is 4.72 Å². The van der Waals surface area contributed by atoms with Crippen LogP contribution in [0.25, 0.3) is 0 Å². The van der Waals surface area contributed by atoms with Crippen molar-refractivity contribution in [2.24, 2.45) is 0 Å². The lowest BCUT2D eigenvalue weighted by atomic mass is 10.2. The molecule has 0 aliphatic rings. The number of carbonyl (C=O) groups is 1. The Hall–Kier alpha value is -2.38. The molecule has 0 aliphatic heterocycles. The standard InChI is InChI=1S/C18H22N2O4S/c1-14(18(21)20(2)13-15-7-5-4-6-8-15)19-25(22,23)17-11-9-16(24-3)10-12-17/h4-12,14,19H,13H2,1-3H3/t14-/m1/s1. The lowest BCUT2D eigenvalue weighted by molar-refractivity contribution is -0.131. The Morgan fingerprint density at radius 1 is 1.12 bits per heavy atom. The summed E-state index contributed by atoms with van der Waals surface area (Å²) in [6.07, 6.45) is 0. The van der Waals surface area contributed by atoms with Gasteiger partial charge < -0.3 is 9.64 Å². The molecular weight excluding hydrogens is 340 g/mol. The molecule has 0 radical (unpaired) electrons. The number of likely N-dealkylation sites (N-methyl/N-ethyl adjacent to an activating group) is 1. The largest absolute Gasteiger partial charge is 0.497 e. The summed E-state index contributed by atoms with van der Waals surface area (Å²) in [4.78, 5) is 14.0. The zero-order valence-corrected chi connectivity index (χ0v) is 15.3. The molecule has 1 amide bonds. The van der Waals surface area contributed by atoms with Gasteiger partial charge in [-0.15, -0.1) is 0 Å². The molecule has 0 spiro atoms.